The molecule has 3 rings (SSSR count). The van der Waals surface area contributed by atoms with Crippen molar-refractivity contribution in [2.45, 2.75) is 0 Å². The number of benzene rings is 1. The number of amides is 1. The van der Waals surface area contributed by atoms with Crippen molar-refractivity contribution in [2.75, 3.05) is 12.1 Å². The highest BCUT2D eigenvalue weighted by Crippen LogP contribution is 2.32. The summed E-state index contributed by atoms with van der Waals surface area (Å²) >= 11 is 0. The average Bonchev–Trinajstić information content (AvgIpc) is 2.94. The van der Waals surface area contributed by atoms with Gasteiger partial charge >= 0.3 is 5.97 Å². The maximum atomic E-state index is 12.1. The molecule has 0 fully saturated rings. The fourth-order valence-electron chi connectivity index (χ4n) is 1.80. The molecule has 2 aromatic rings. The Kier molecular flexibility index (Phi) is 3.11. The standard InChI is InChI=1S/C13H9N3O5/c17-12(7-1-2-8-9(5-7)21-6-20-8)16-11-10(13(18)19)14-3-4-15-11/h1-5H,6H2,(H,18,19)(H,15,16,17). The Labute approximate surface area is 118 Å². The smallest absolute Gasteiger partial charge is 0.358 e. The highest BCUT2D eigenvalue weighted by Gasteiger charge is 2.19. The summed E-state index contributed by atoms with van der Waals surface area (Å²) in [6.07, 6.45) is 2.53. The van der Waals surface area contributed by atoms with E-state index >= 15 is 0 Å². The van der Waals surface area contributed by atoms with Crippen molar-refractivity contribution in [2.24, 2.45) is 0 Å². The number of aromatic carboxylic acids is 1. The van der Waals surface area contributed by atoms with E-state index in [1.807, 2.05) is 0 Å². The lowest BCUT2D eigenvalue weighted by molar-refractivity contribution is 0.0691. The van der Waals surface area contributed by atoms with Crippen molar-refractivity contribution in [3.63, 3.8) is 0 Å². The molecule has 106 valence electrons. The lowest BCUT2D eigenvalue weighted by Gasteiger charge is -2.06. The second-order valence-corrected chi connectivity index (χ2v) is 4.08. The molecule has 0 atom stereocenters. The van der Waals surface area contributed by atoms with Gasteiger partial charge in [-0.3, -0.25) is 4.79 Å². The molecule has 0 aliphatic carbocycles. The fourth-order valence-corrected chi connectivity index (χ4v) is 1.80. The summed E-state index contributed by atoms with van der Waals surface area (Å²) in [6, 6.07) is 4.65. The van der Waals surface area contributed by atoms with Gasteiger partial charge in [-0.1, -0.05) is 0 Å². The number of hydrogen-bond acceptors (Lipinski definition) is 6. The number of carboxylic acid groups (broad SMARTS) is 1. The van der Waals surface area contributed by atoms with Crippen LogP contribution in [-0.4, -0.2) is 33.7 Å². The lowest BCUT2D eigenvalue weighted by atomic mass is 10.2. The van der Waals surface area contributed by atoms with Gasteiger partial charge in [-0.2, -0.15) is 0 Å². The van der Waals surface area contributed by atoms with Crippen molar-refractivity contribution in [3.8, 4) is 11.5 Å². The number of anilines is 1. The van der Waals surface area contributed by atoms with E-state index in [0.29, 0.717) is 17.1 Å². The van der Waals surface area contributed by atoms with E-state index in [0.717, 1.165) is 0 Å². The first-order valence-electron chi connectivity index (χ1n) is 5.90. The molecule has 0 bridgehead atoms. The minimum absolute atomic E-state index is 0.105. The second kappa shape index (κ2) is 5.08. The highest BCUT2D eigenvalue weighted by molar-refractivity contribution is 6.06. The van der Waals surface area contributed by atoms with Gasteiger partial charge in [0.1, 0.15) is 0 Å². The summed E-state index contributed by atoms with van der Waals surface area (Å²) in [6.45, 7) is 0.105. The van der Waals surface area contributed by atoms with Crippen molar-refractivity contribution < 1.29 is 24.2 Å². The Hall–Kier alpha value is -3.16. The Morgan fingerprint density at radius 1 is 1.14 bits per heavy atom. The van der Waals surface area contributed by atoms with Crippen LogP contribution in [-0.2, 0) is 0 Å². The topological polar surface area (TPSA) is 111 Å². The van der Waals surface area contributed by atoms with Crippen LogP contribution in [0.4, 0.5) is 5.82 Å². The number of hydrogen-bond donors (Lipinski definition) is 2. The number of nitrogens with one attached hydrogen (secondary N) is 1. The van der Waals surface area contributed by atoms with Crippen LogP contribution in [0.2, 0.25) is 0 Å². The molecular weight excluding hydrogens is 278 g/mol. The zero-order valence-corrected chi connectivity index (χ0v) is 10.6. The molecule has 0 unspecified atom stereocenters. The van der Waals surface area contributed by atoms with Crippen LogP contribution in [0.5, 0.6) is 11.5 Å². The molecule has 2 heterocycles. The Bertz CT molecular complexity index is 731. The first kappa shape index (κ1) is 12.9. The van der Waals surface area contributed by atoms with Crippen LogP contribution in [0.3, 0.4) is 0 Å². The van der Waals surface area contributed by atoms with E-state index in [4.69, 9.17) is 14.6 Å². The van der Waals surface area contributed by atoms with Gasteiger partial charge in [0.15, 0.2) is 23.0 Å². The third-order valence-corrected chi connectivity index (χ3v) is 2.77. The Balaban J connectivity index is 1.85. The maximum absolute atomic E-state index is 12.1. The lowest BCUT2D eigenvalue weighted by Crippen LogP contribution is -2.17. The summed E-state index contributed by atoms with van der Waals surface area (Å²) in [7, 11) is 0. The molecule has 21 heavy (non-hydrogen) atoms. The van der Waals surface area contributed by atoms with Gasteiger partial charge in [0.25, 0.3) is 5.91 Å². The third kappa shape index (κ3) is 2.46. The predicted molar refractivity (Wildman–Crippen MR) is 69.5 cm³/mol. The number of nitrogens with zero attached hydrogens (tertiary/aromatic N) is 2. The van der Waals surface area contributed by atoms with Crippen LogP contribution >= 0.6 is 0 Å². The van der Waals surface area contributed by atoms with Gasteiger partial charge in [-0.15, -0.1) is 0 Å². The Morgan fingerprint density at radius 2 is 1.90 bits per heavy atom. The van der Waals surface area contributed by atoms with E-state index in [9.17, 15) is 9.59 Å². The van der Waals surface area contributed by atoms with Crippen LogP contribution in [0, 0.1) is 0 Å². The molecule has 8 heteroatoms. The van der Waals surface area contributed by atoms with E-state index in [1.54, 1.807) is 12.1 Å². The molecule has 1 amide bonds. The minimum atomic E-state index is -1.27. The van der Waals surface area contributed by atoms with Crippen LogP contribution in [0.1, 0.15) is 20.8 Å². The summed E-state index contributed by atoms with van der Waals surface area (Å²) in [5, 5.41) is 11.4. The summed E-state index contributed by atoms with van der Waals surface area (Å²) < 4.78 is 10.3. The molecule has 1 aromatic carbocycles. The number of carbonyl (C=O) groups excluding carboxylic acids is 1. The molecule has 0 saturated heterocycles. The second-order valence-electron chi connectivity index (χ2n) is 4.08. The first-order valence-corrected chi connectivity index (χ1v) is 5.90. The molecule has 0 saturated carbocycles. The number of carboxylic acids is 1. The maximum Gasteiger partial charge on any atom is 0.358 e. The van der Waals surface area contributed by atoms with Gasteiger partial charge in [-0.25, -0.2) is 14.8 Å². The van der Waals surface area contributed by atoms with Crippen molar-refractivity contribution in [1.29, 1.82) is 0 Å². The van der Waals surface area contributed by atoms with Crippen molar-refractivity contribution in [1.82, 2.24) is 9.97 Å². The molecule has 8 nitrogen and oxygen atoms in total. The molecule has 0 radical (unpaired) electrons. The zero-order chi connectivity index (χ0) is 14.8. The van der Waals surface area contributed by atoms with E-state index in [-0.39, 0.29) is 18.3 Å². The van der Waals surface area contributed by atoms with Gasteiger partial charge in [0.05, 0.1) is 0 Å². The minimum Gasteiger partial charge on any atom is -0.476 e. The number of rotatable bonds is 3. The highest BCUT2D eigenvalue weighted by atomic mass is 16.7. The SMILES string of the molecule is O=C(Nc1nccnc1C(=O)O)c1ccc2c(c1)OCO2. The van der Waals surface area contributed by atoms with Gasteiger partial charge in [0.2, 0.25) is 6.79 Å². The molecule has 0 spiro atoms. The third-order valence-electron chi connectivity index (χ3n) is 2.77. The van der Waals surface area contributed by atoms with E-state index < -0.39 is 11.9 Å². The average molecular weight is 287 g/mol. The number of fused-ring (bicyclic) bond motifs is 1. The number of carbonyl (C=O) groups is 2. The van der Waals surface area contributed by atoms with Gasteiger partial charge in [-0.05, 0) is 18.2 Å². The van der Waals surface area contributed by atoms with Crippen molar-refractivity contribution >= 4 is 17.7 Å². The first-order chi connectivity index (χ1) is 10.1. The van der Waals surface area contributed by atoms with Gasteiger partial charge in [0, 0.05) is 18.0 Å². The van der Waals surface area contributed by atoms with Gasteiger partial charge < -0.3 is 19.9 Å². The molecule has 1 aliphatic heterocycles. The summed E-state index contributed by atoms with van der Waals surface area (Å²) in [4.78, 5) is 30.6. The monoisotopic (exact) mass is 287 g/mol. The van der Waals surface area contributed by atoms with Crippen LogP contribution in [0.15, 0.2) is 30.6 Å². The summed E-state index contributed by atoms with van der Waals surface area (Å²) in [5.74, 6) is -0.898. The number of aromatic nitrogens is 2. The Morgan fingerprint density at radius 3 is 2.71 bits per heavy atom. The summed E-state index contributed by atoms with van der Waals surface area (Å²) in [5.41, 5.74) is -0.0344. The van der Waals surface area contributed by atoms with E-state index in [2.05, 4.69) is 15.3 Å². The van der Waals surface area contributed by atoms with Crippen molar-refractivity contribution in [3.05, 3.63) is 41.9 Å². The molecule has 2 N–H and O–H groups in total. The fraction of sp³-hybridized carbons (Fsp3) is 0.0769. The molecule has 1 aliphatic rings. The quantitative estimate of drug-likeness (QED) is 0.871. The molecular formula is C13H9N3O5. The van der Waals surface area contributed by atoms with E-state index in [1.165, 1.54) is 18.5 Å². The zero-order valence-electron chi connectivity index (χ0n) is 10.6. The largest absolute Gasteiger partial charge is 0.476 e. The molecule has 1 aromatic heterocycles. The van der Waals surface area contributed by atoms with Crippen LogP contribution < -0.4 is 14.8 Å². The predicted octanol–water partition coefficient (Wildman–Crippen LogP) is 1.16. The number of ether oxygens (including phenoxy) is 2. The van der Waals surface area contributed by atoms with Crippen LogP contribution in [0.25, 0.3) is 0 Å². The normalized spacial score (nSPS) is 12.0.